The normalized spacial score (nSPS) is 14.0. The maximum atomic E-state index is 13.0. The van der Waals surface area contributed by atoms with E-state index in [9.17, 15) is 35.9 Å². The van der Waals surface area contributed by atoms with Gasteiger partial charge in [0.25, 0.3) is 0 Å². The highest BCUT2D eigenvalue weighted by Crippen LogP contribution is 2.34. The van der Waals surface area contributed by atoms with Crippen LogP contribution in [0.15, 0.2) is 47.4 Å². The minimum absolute atomic E-state index is 0.337. The summed E-state index contributed by atoms with van der Waals surface area (Å²) in [6, 6.07) is 7.34. The summed E-state index contributed by atoms with van der Waals surface area (Å²) in [5.74, 6) is -1.79. The van der Waals surface area contributed by atoms with Crippen LogP contribution in [0.3, 0.4) is 0 Å². The van der Waals surface area contributed by atoms with Crippen molar-refractivity contribution in [3.8, 4) is 6.07 Å². The third-order valence-electron chi connectivity index (χ3n) is 3.92. The summed E-state index contributed by atoms with van der Waals surface area (Å²) in [5.41, 5.74) is -2.26. The zero-order chi connectivity index (χ0) is 22.0. The molecule has 2 N–H and O–H groups in total. The van der Waals surface area contributed by atoms with E-state index in [2.05, 4.69) is 5.32 Å². The topological polar surface area (TPSA) is 107 Å². The van der Waals surface area contributed by atoms with Gasteiger partial charge in [-0.15, -0.1) is 0 Å². The van der Waals surface area contributed by atoms with Gasteiger partial charge in [-0.05, 0) is 49.4 Å². The van der Waals surface area contributed by atoms with E-state index in [4.69, 9.17) is 5.26 Å². The Balaban J connectivity index is 2.24. The van der Waals surface area contributed by atoms with Crippen molar-refractivity contribution in [2.45, 2.75) is 29.3 Å². The molecular weight excluding hydrogens is 416 g/mol. The van der Waals surface area contributed by atoms with Gasteiger partial charge < -0.3 is 10.4 Å². The number of nitrogens with zero attached hydrogens (tertiary/aromatic N) is 1. The SMILES string of the molecule is C[C@@](O)(CC(=O)Nc1ccc(C#N)c(C(F)(F)F)c1)S(=O)(=O)c1ccc(F)cc1. The molecule has 0 spiro atoms. The zero-order valence-corrected chi connectivity index (χ0v) is 15.6. The van der Waals surface area contributed by atoms with E-state index < -0.39 is 55.1 Å². The number of rotatable bonds is 5. The van der Waals surface area contributed by atoms with Gasteiger partial charge in [0.15, 0.2) is 4.93 Å². The number of nitriles is 1. The number of carbonyl (C=O) groups is 1. The van der Waals surface area contributed by atoms with Crippen molar-refractivity contribution in [3.05, 3.63) is 59.4 Å². The third kappa shape index (κ3) is 4.90. The standard InChI is InChI=1S/C18H14F4N2O4S/c1-17(26,29(27,28)14-6-3-12(19)4-7-14)9-16(25)24-13-5-2-11(10-23)15(8-13)18(20,21)22/h2-8,26H,9H2,1H3,(H,24,25)/t17-/m0/s1. The van der Waals surface area contributed by atoms with Crippen molar-refractivity contribution in [3.63, 3.8) is 0 Å². The Hall–Kier alpha value is -2.97. The highest BCUT2D eigenvalue weighted by Gasteiger charge is 2.40. The summed E-state index contributed by atoms with van der Waals surface area (Å²) in [7, 11) is -4.48. The molecule has 0 bridgehead atoms. The molecule has 2 rings (SSSR count). The summed E-state index contributed by atoms with van der Waals surface area (Å²) in [6.45, 7) is 0.838. The lowest BCUT2D eigenvalue weighted by molar-refractivity contribution is -0.137. The first-order valence-corrected chi connectivity index (χ1v) is 9.40. The molecule has 154 valence electrons. The van der Waals surface area contributed by atoms with Crippen molar-refractivity contribution in [1.29, 1.82) is 5.26 Å². The number of carbonyl (C=O) groups excluding carboxylic acids is 1. The maximum Gasteiger partial charge on any atom is 0.417 e. The second-order valence-electron chi connectivity index (χ2n) is 6.23. The molecule has 0 radical (unpaired) electrons. The Labute approximate surface area is 163 Å². The first-order valence-electron chi connectivity index (χ1n) is 7.92. The van der Waals surface area contributed by atoms with Crippen LogP contribution in [0.1, 0.15) is 24.5 Å². The van der Waals surface area contributed by atoms with Crippen LogP contribution in [0.25, 0.3) is 0 Å². The molecule has 6 nitrogen and oxygen atoms in total. The zero-order valence-electron chi connectivity index (χ0n) is 14.8. The summed E-state index contributed by atoms with van der Waals surface area (Å²) in [5, 5.41) is 21.1. The van der Waals surface area contributed by atoms with Gasteiger partial charge in [0.1, 0.15) is 5.82 Å². The number of nitrogens with one attached hydrogen (secondary N) is 1. The Bertz CT molecular complexity index is 1070. The number of hydrogen-bond acceptors (Lipinski definition) is 5. The fourth-order valence-corrected chi connectivity index (χ4v) is 3.74. The fraction of sp³-hybridized carbons (Fsp3) is 0.222. The summed E-state index contributed by atoms with van der Waals surface area (Å²) < 4.78 is 76.9. The molecule has 29 heavy (non-hydrogen) atoms. The Morgan fingerprint density at radius 2 is 1.76 bits per heavy atom. The Morgan fingerprint density at radius 1 is 1.17 bits per heavy atom. The van der Waals surface area contributed by atoms with Gasteiger partial charge in [-0.2, -0.15) is 18.4 Å². The van der Waals surface area contributed by atoms with Crippen LogP contribution in [0.2, 0.25) is 0 Å². The second-order valence-corrected chi connectivity index (χ2v) is 8.59. The average Bonchev–Trinajstić information content (AvgIpc) is 2.60. The number of halogens is 4. The lowest BCUT2D eigenvalue weighted by Gasteiger charge is -2.23. The minimum atomic E-state index is -4.84. The average molecular weight is 430 g/mol. The van der Waals surface area contributed by atoms with Gasteiger partial charge in [0.2, 0.25) is 15.7 Å². The van der Waals surface area contributed by atoms with Crippen molar-refractivity contribution < 1.29 is 35.9 Å². The van der Waals surface area contributed by atoms with Crippen LogP contribution in [-0.4, -0.2) is 24.4 Å². The molecule has 0 saturated heterocycles. The molecule has 0 aliphatic carbocycles. The van der Waals surface area contributed by atoms with Crippen molar-refractivity contribution in [2.24, 2.45) is 0 Å². The number of anilines is 1. The van der Waals surface area contributed by atoms with Crippen molar-refractivity contribution in [2.75, 3.05) is 5.32 Å². The molecule has 0 aromatic heterocycles. The smallest absolute Gasteiger partial charge is 0.374 e. The van der Waals surface area contributed by atoms with Gasteiger partial charge in [-0.25, -0.2) is 12.8 Å². The number of alkyl halides is 3. The lowest BCUT2D eigenvalue weighted by atomic mass is 10.1. The van der Waals surface area contributed by atoms with Crippen LogP contribution in [0.4, 0.5) is 23.2 Å². The van der Waals surface area contributed by atoms with Crippen LogP contribution < -0.4 is 5.32 Å². The minimum Gasteiger partial charge on any atom is -0.374 e. The molecule has 2 aromatic carbocycles. The molecule has 0 aliphatic heterocycles. The van der Waals surface area contributed by atoms with E-state index >= 15 is 0 Å². The lowest BCUT2D eigenvalue weighted by Crippen LogP contribution is -2.39. The van der Waals surface area contributed by atoms with Crippen molar-refractivity contribution >= 4 is 21.4 Å². The van der Waals surface area contributed by atoms with Crippen LogP contribution in [0.5, 0.6) is 0 Å². The predicted molar refractivity (Wildman–Crippen MR) is 93.6 cm³/mol. The van der Waals surface area contributed by atoms with Gasteiger partial charge >= 0.3 is 6.18 Å². The van der Waals surface area contributed by atoms with Gasteiger partial charge in [0.05, 0.1) is 28.5 Å². The first kappa shape index (κ1) is 22.3. The molecule has 0 fully saturated rings. The molecule has 0 heterocycles. The number of amides is 1. The van der Waals surface area contributed by atoms with Gasteiger partial charge in [0, 0.05) is 5.69 Å². The van der Waals surface area contributed by atoms with Crippen LogP contribution in [0, 0.1) is 17.1 Å². The summed E-state index contributed by atoms with van der Waals surface area (Å²) in [6.07, 6.45) is -5.85. The third-order valence-corrected chi connectivity index (χ3v) is 6.12. The number of aliphatic hydroxyl groups is 1. The number of hydrogen-bond donors (Lipinski definition) is 2. The Morgan fingerprint density at radius 3 is 2.28 bits per heavy atom. The van der Waals surface area contributed by atoms with Crippen LogP contribution >= 0.6 is 0 Å². The quantitative estimate of drug-likeness (QED) is 0.560. The molecule has 0 unspecified atom stereocenters. The monoisotopic (exact) mass is 430 g/mol. The maximum absolute atomic E-state index is 13.0. The van der Waals surface area contributed by atoms with E-state index in [1.54, 1.807) is 0 Å². The van der Waals surface area contributed by atoms with Gasteiger partial charge in [-0.3, -0.25) is 4.79 Å². The fourth-order valence-electron chi connectivity index (χ4n) is 2.42. The highest BCUT2D eigenvalue weighted by atomic mass is 32.2. The Kier molecular flexibility index (Phi) is 6.01. The van der Waals surface area contributed by atoms with Crippen molar-refractivity contribution in [1.82, 2.24) is 0 Å². The molecule has 1 amide bonds. The molecule has 0 aliphatic rings. The van der Waals surface area contributed by atoms with Crippen LogP contribution in [-0.2, 0) is 20.8 Å². The largest absolute Gasteiger partial charge is 0.417 e. The molecule has 0 saturated carbocycles. The predicted octanol–water partition coefficient (Wildman–Crippen LogP) is 3.23. The van der Waals surface area contributed by atoms with E-state index in [0.29, 0.717) is 6.07 Å². The van der Waals surface area contributed by atoms with E-state index in [1.807, 2.05) is 0 Å². The number of sulfone groups is 1. The van der Waals surface area contributed by atoms with Gasteiger partial charge in [-0.1, -0.05) is 0 Å². The molecule has 11 heteroatoms. The van der Waals surface area contributed by atoms with E-state index in [-0.39, 0.29) is 5.69 Å². The molecule has 1 atom stereocenters. The van der Waals surface area contributed by atoms with E-state index in [0.717, 1.165) is 43.3 Å². The molecule has 2 aromatic rings. The van der Waals surface area contributed by atoms with E-state index in [1.165, 1.54) is 6.07 Å². The second kappa shape index (κ2) is 7.81. The summed E-state index contributed by atoms with van der Waals surface area (Å²) in [4.78, 5) is 9.08. The first-order chi connectivity index (χ1) is 13.3. The number of benzene rings is 2. The molecular formula is C18H14F4N2O4S. The highest BCUT2D eigenvalue weighted by molar-refractivity contribution is 7.92. The summed E-state index contributed by atoms with van der Waals surface area (Å²) >= 11 is 0.